The standard InChI is InChI=1S/C19H26N4/c1-16-11-21-18(12-20-16)14-22(2)19-9-6-10-23(15-19)13-17-7-4-3-5-8-17/h3-5,7-8,11-12,19H,6,9-10,13-15H2,1-2H3/t19-/m0/s1. The van der Waals surface area contributed by atoms with Gasteiger partial charge in [0, 0.05) is 38.1 Å². The van der Waals surface area contributed by atoms with Crippen LogP contribution in [0.4, 0.5) is 0 Å². The van der Waals surface area contributed by atoms with Crippen LogP contribution in [0.25, 0.3) is 0 Å². The Bertz CT molecular complexity index is 597. The molecule has 0 amide bonds. The second kappa shape index (κ2) is 7.66. The Morgan fingerprint density at radius 2 is 2.00 bits per heavy atom. The van der Waals surface area contributed by atoms with Crippen LogP contribution in [0.5, 0.6) is 0 Å². The summed E-state index contributed by atoms with van der Waals surface area (Å²) in [6.07, 6.45) is 6.28. The summed E-state index contributed by atoms with van der Waals surface area (Å²) in [7, 11) is 2.21. The van der Waals surface area contributed by atoms with Crippen molar-refractivity contribution in [2.24, 2.45) is 0 Å². The highest BCUT2D eigenvalue weighted by atomic mass is 15.2. The average Bonchev–Trinajstić information content (AvgIpc) is 2.58. The molecule has 1 saturated heterocycles. The lowest BCUT2D eigenvalue weighted by atomic mass is 10.0. The van der Waals surface area contributed by atoms with Gasteiger partial charge in [-0.2, -0.15) is 0 Å². The summed E-state index contributed by atoms with van der Waals surface area (Å²) >= 11 is 0. The van der Waals surface area contributed by atoms with Gasteiger partial charge < -0.3 is 0 Å². The van der Waals surface area contributed by atoms with Crippen molar-refractivity contribution in [3.63, 3.8) is 0 Å². The molecule has 1 fully saturated rings. The fraction of sp³-hybridized carbons (Fsp3) is 0.474. The van der Waals surface area contributed by atoms with Crippen molar-refractivity contribution in [3.05, 3.63) is 59.7 Å². The van der Waals surface area contributed by atoms with E-state index in [0.717, 1.165) is 31.0 Å². The monoisotopic (exact) mass is 310 g/mol. The molecule has 0 bridgehead atoms. The summed E-state index contributed by atoms with van der Waals surface area (Å²) in [4.78, 5) is 13.8. The maximum absolute atomic E-state index is 4.48. The number of nitrogens with zero attached hydrogens (tertiary/aromatic N) is 4. The smallest absolute Gasteiger partial charge is 0.0727 e. The van der Waals surface area contributed by atoms with E-state index in [1.807, 2.05) is 19.3 Å². The minimum absolute atomic E-state index is 0.593. The number of hydrogen-bond acceptors (Lipinski definition) is 4. The van der Waals surface area contributed by atoms with Gasteiger partial charge in [-0.25, -0.2) is 0 Å². The van der Waals surface area contributed by atoms with E-state index in [0.29, 0.717) is 6.04 Å². The molecular weight excluding hydrogens is 284 g/mol. The Morgan fingerprint density at radius 3 is 2.74 bits per heavy atom. The summed E-state index contributed by atoms with van der Waals surface area (Å²) in [6, 6.07) is 11.4. The lowest BCUT2D eigenvalue weighted by molar-refractivity contribution is 0.106. The maximum Gasteiger partial charge on any atom is 0.0727 e. The largest absolute Gasteiger partial charge is 0.298 e. The number of hydrogen-bond donors (Lipinski definition) is 0. The van der Waals surface area contributed by atoms with Crippen LogP contribution in [0.3, 0.4) is 0 Å². The molecule has 2 heterocycles. The predicted molar refractivity (Wildman–Crippen MR) is 93.0 cm³/mol. The van der Waals surface area contributed by atoms with Gasteiger partial charge in [0.2, 0.25) is 0 Å². The van der Waals surface area contributed by atoms with E-state index in [4.69, 9.17) is 0 Å². The second-order valence-electron chi connectivity index (χ2n) is 6.58. The third kappa shape index (κ3) is 4.60. The lowest BCUT2D eigenvalue weighted by Crippen LogP contribution is -2.45. The van der Waals surface area contributed by atoms with Crippen LogP contribution in [-0.2, 0) is 13.1 Å². The number of benzene rings is 1. The molecule has 122 valence electrons. The summed E-state index contributed by atoms with van der Waals surface area (Å²) in [5, 5.41) is 0. The van der Waals surface area contributed by atoms with Crippen LogP contribution in [0.1, 0.15) is 29.8 Å². The fourth-order valence-electron chi connectivity index (χ4n) is 3.26. The van der Waals surface area contributed by atoms with Gasteiger partial charge in [0.1, 0.15) is 0 Å². The number of rotatable bonds is 5. The van der Waals surface area contributed by atoms with Gasteiger partial charge in [0.25, 0.3) is 0 Å². The normalized spacial score (nSPS) is 19.2. The quantitative estimate of drug-likeness (QED) is 0.850. The second-order valence-corrected chi connectivity index (χ2v) is 6.58. The molecule has 2 aromatic rings. The average molecular weight is 310 g/mol. The molecule has 0 radical (unpaired) electrons. The van der Waals surface area contributed by atoms with E-state index < -0.39 is 0 Å². The summed E-state index contributed by atoms with van der Waals surface area (Å²) in [5.74, 6) is 0. The molecule has 0 N–H and O–H groups in total. The highest BCUT2D eigenvalue weighted by Gasteiger charge is 2.23. The van der Waals surface area contributed by atoms with E-state index in [9.17, 15) is 0 Å². The zero-order valence-corrected chi connectivity index (χ0v) is 14.2. The van der Waals surface area contributed by atoms with Crippen molar-refractivity contribution in [2.45, 2.75) is 38.9 Å². The Labute approximate surface area is 139 Å². The summed E-state index contributed by atoms with van der Waals surface area (Å²) in [5.41, 5.74) is 3.43. The van der Waals surface area contributed by atoms with E-state index in [2.05, 4.69) is 57.1 Å². The van der Waals surface area contributed by atoms with E-state index >= 15 is 0 Å². The van der Waals surface area contributed by atoms with Crippen molar-refractivity contribution >= 4 is 0 Å². The van der Waals surface area contributed by atoms with Gasteiger partial charge in [-0.15, -0.1) is 0 Å². The van der Waals surface area contributed by atoms with Gasteiger partial charge in [-0.1, -0.05) is 30.3 Å². The Balaban J connectivity index is 1.56. The first-order valence-corrected chi connectivity index (χ1v) is 8.45. The van der Waals surface area contributed by atoms with Crippen LogP contribution < -0.4 is 0 Å². The molecule has 0 unspecified atom stereocenters. The van der Waals surface area contributed by atoms with E-state index in [1.165, 1.54) is 24.9 Å². The van der Waals surface area contributed by atoms with Crippen molar-refractivity contribution in [1.29, 1.82) is 0 Å². The molecule has 1 atom stereocenters. The molecule has 3 rings (SSSR count). The van der Waals surface area contributed by atoms with Crippen molar-refractivity contribution in [1.82, 2.24) is 19.8 Å². The first-order valence-electron chi connectivity index (χ1n) is 8.45. The zero-order valence-electron chi connectivity index (χ0n) is 14.2. The molecule has 0 saturated carbocycles. The van der Waals surface area contributed by atoms with Crippen LogP contribution >= 0.6 is 0 Å². The molecule has 4 heteroatoms. The Hall–Kier alpha value is -1.78. The minimum Gasteiger partial charge on any atom is -0.298 e. The number of aromatic nitrogens is 2. The minimum atomic E-state index is 0.593. The van der Waals surface area contributed by atoms with Gasteiger partial charge >= 0.3 is 0 Å². The first-order chi connectivity index (χ1) is 11.2. The van der Waals surface area contributed by atoms with Gasteiger partial charge in [-0.3, -0.25) is 19.8 Å². The zero-order chi connectivity index (χ0) is 16.1. The van der Waals surface area contributed by atoms with E-state index in [1.54, 1.807) is 0 Å². The van der Waals surface area contributed by atoms with Crippen LogP contribution in [-0.4, -0.2) is 45.9 Å². The number of likely N-dealkylation sites (tertiary alicyclic amines) is 1. The molecular formula is C19H26N4. The van der Waals surface area contributed by atoms with Crippen LogP contribution in [0.2, 0.25) is 0 Å². The van der Waals surface area contributed by atoms with Gasteiger partial charge in [-0.05, 0) is 38.9 Å². The molecule has 1 aliphatic rings. The highest BCUT2D eigenvalue weighted by Crippen LogP contribution is 2.18. The predicted octanol–water partition coefficient (Wildman–Crippen LogP) is 2.88. The number of likely N-dealkylation sites (N-methyl/N-ethyl adjacent to an activating group) is 1. The van der Waals surface area contributed by atoms with Crippen LogP contribution in [0, 0.1) is 6.92 Å². The topological polar surface area (TPSA) is 32.3 Å². The highest BCUT2D eigenvalue weighted by molar-refractivity contribution is 5.14. The van der Waals surface area contributed by atoms with Crippen molar-refractivity contribution in [2.75, 3.05) is 20.1 Å². The molecule has 1 aromatic heterocycles. The molecule has 23 heavy (non-hydrogen) atoms. The Morgan fingerprint density at radius 1 is 1.17 bits per heavy atom. The first kappa shape index (κ1) is 16.1. The Kier molecular flexibility index (Phi) is 5.36. The molecule has 0 spiro atoms. The van der Waals surface area contributed by atoms with Gasteiger partial charge in [0.05, 0.1) is 11.4 Å². The summed E-state index contributed by atoms with van der Waals surface area (Å²) < 4.78 is 0. The SMILES string of the molecule is Cc1cnc(CN(C)[C@H]2CCCN(Cc3ccccc3)C2)cn1. The number of piperidine rings is 1. The third-order valence-electron chi connectivity index (χ3n) is 4.60. The van der Waals surface area contributed by atoms with Crippen molar-refractivity contribution in [3.8, 4) is 0 Å². The third-order valence-corrected chi connectivity index (χ3v) is 4.60. The molecule has 1 aliphatic heterocycles. The van der Waals surface area contributed by atoms with Crippen LogP contribution in [0.15, 0.2) is 42.7 Å². The van der Waals surface area contributed by atoms with Gasteiger partial charge in [0.15, 0.2) is 0 Å². The van der Waals surface area contributed by atoms with Crippen molar-refractivity contribution < 1.29 is 0 Å². The molecule has 0 aliphatic carbocycles. The van der Waals surface area contributed by atoms with E-state index in [-0.39, 0.29) is 0 Å². The molecule has 1 aromatic carbocycles. The lowest BCUT2D eigenvalue weighted by Gasteiger charge is -2.37. The molecule has 4 nitrogen and oxygen atoms in total. The number of aryl methyl sites for hydroxylation is 1. The fourth-order valence-corrected chi connectivity index (χ4v) is 3.26. The maximum atomic E-state index is 4.48. The summed E-state index contributed by atoms with van der Waals surface area (Å²) in [6.45, 7) is 6.23.